The van der Waals surface area contributed by atoms with Crippen molar-refractivity contribution < 1.29 is 4.79 Å². The average Bonchev–Trinajstić information content (AvgIpc) is 2.01. The summed E-state index contributed by atoms with van der Waals surface area (Å²) < 4.78 is 0. The first kappa shape index (κ1) is 13.0. The van der Waals surface area contributed by atoms with E-state index in [1.54, 1.807) is 0 Å². The topological polar surface area (TPSA) is 55.1 Å². The van der Waals surface area contributed by atoms with Crippen molar-refractivity contribution in [3.63, 3.8) is 0 Å². The van der Waals surface area contributed by atoms with E-state index in [0.717, 1.165) is 0 Å². The molecule has 0 aromatic carbocycles. The van der Waals surface area contributed by atoms with Gasteiger partial charge in [0.15, 0.2) is 0 Å². The molecule has 0 radical (unpaired) electrons. The van der Waals surface area contributed by atoms with E-state index in [2.05, 4.69) is 11.2 Å². The summed E-state index contributed by atoms with van der Waals surface area (Å²) >= 11 is 0. The van der Waals surface area contributed by atoms with Crippen molar-refractivity contribution in [1.29, 1.82) is 0 Å². The van der Waals surface area contributed by atoms with Crippen molar-refractivity contribution in [2.75, 3.05) is 0 Å². The van der Waals surface area contributed by atoms with Gasteiger partial charge in [-0.25, -0.2) is 0 Å². The largest absolute Gasteiger partial charge is 0.351 e. The zero-order valence-corrected chi connectivity index (χ0v) is 9.42. The van der Waals surface area contributed by atoms with Crippen molar-refractivity contribution >= 4 is 5.91 Å². The smallest absolute Gasteiger partial charge is 0.237 e. The summed E-state index contributed by atoms with van der Waals surface area (Å²) in [5, 5.41) is 2.78. The Hall–Kier alpha value is -1.01. The maximum Gasteiger partial charge on any atom is 0.237 e. The first-order chi connectivity index (χ1) is 6.29. The molecule has 3 N–H and O–H groups in total. The minimum Gasteiger partial charge on any atom is -0.351 e. The van der Waals surface area contributed by atoms with Gasteiger partial charge in [0, 0.05) is 12.5 Å². The monoisotopic (exact) mass is 196 g/mol. The Morgan fingerprint density at radius 2 is 2.07 bits per heavy atom. The molecule has 2 atom stereocenters. The molecule has 3 nitrogen and oxygen atoms in total. The lowest BCUT2D eigenvalue weighted by Gasteiger charge is -2.27. The van der Waals surface area contributed by atoms with Crippen molar-refractivity contribution in [2.45, 2.75) is 46.2 Å². The zero-order valence-electron chi connectivity index (χ0n) is 9.42. The number of hydrogen-bond donors (Lipinski definition) is 2. The van der Waals surface area contributed by atoms with Crippen LogP contribution in [0.3, 0.4) is 0 Å². The van der Waals surface area contributed by atoms with Crippen LogP contribution in [-0.2, 0) is 4.79 Å². The van der Waals surface area contributed by atoms with Crippen molar-refractivity contribution in [1.82, 2.24) is 5.32 Å². The van der Waals surface area contributed by atoms with Crippen LogP contribution in [0.2, 0.25) is 0 Å². The first-order valence-electron chi connectivity index (χ1n) is 4.78. The number of carbonyl (C=O) groups excluding carboxylic acids is 1. The minimum absolute atomic E-state index is 0.0131. The molecule has 2 unspecified atom stereocenters. The Kier molecular flexibility index (Phi) is 4.65. The fraction of sp³-hybridized carbons (Fsp3) is 0.727. The number of hydrogen-bond acceptors (Lipinski definition) is 2. The molecule has 0 rings (SSSR count). The van der Waals surface area contributed by atoms with Crippen molar-refractivity contribution in [3.8, 4) is 12.3 Å². The number of carbonyl (C=O) groups is 1. The second-order valence-electron chi connectivity index (χ2n) is 4.66. The molecular weight excluding hydrogens is 176 g/mol. The Bertz CT molecular complexity index is 235. The van der Waals surface area contributed by atoms with Gasteiger partial charge >= 0.3 is 0 Å². The summed E-state index contributed by atoms with van der Waals surface area (Å²) in [6.45, 7) is 7.67. The summed E-state index contributed by atoms with van der Waals surface area (Å²) in [6.07, 6.45) is 5.66. The van der Waals surface area contributed by atoms with Crippen LogP contribution in [0, 0.1) is 17.8 Å². The fourth-order valence-corrected chi connectivity index (χ4v) is 0.954. The van der Waals surface area contributed by atoms with E-state index in [-0.39, 0.29) is 17.4 Å². The van der Waals surface area contributed by atoms with Gasteiger partial charge in [0.05, 0.1) is 6.04 Å². The van der Waals surface area contributed by atoms with Gasteiger partial charge in [0.25, 0.3) is 0 Å². The highest BCUT2D eigenvalue weighted by atomic mass is 16.2. The molecule has 0 heterocycles. The highest BCUT2D eigenvalue weighted by molar-refractivity contribution is 5.82. The maximum atomic E-state index is 11.6. The second kappa shape index (κ2) is 5.02. The van der Waals surface area contributed by atoms with E-state index in [4.69, 9.17) is 12.2 Å². The molecule has 0 fully saturated rings. The van der Waals surface area contributed by atoms with Gasteiger partial charge in [-0.3, -0.25) is 4.79 Å². The van der Waals surface area contributed by atoms with E-state index in [1.807, 2.05) is 27.7 Å². The lowest BCUT2D eigenvalue weighted by atomic mass is 9.87. The normalized spacial score (nSPS) is 15.4. The molecule has 0 spiro atoms. The Morgan fingerprint density at radius 1 is 1.57 bits per heavy atom. The van der Waals surface area contributed by atoms with E-state index < -0.39 is 6.04 Å². The molecule has 0 bridgehead atoms. The third-order valence-electron chi connectivity index (χ3n) is 2.03. The molecule has 14 heavy (non-hydrogen) atoms. The minimum atomic E-state index is -0.497. The van der Waals surface area contributed by atoms with Crippen LogP contribution in [0.4, 0.5) is 0 Å². The predicted molar refractivity (Wildman–Crippen MR) is 58.5 cm³/mol. The lowest BCUT2D eigenvalue weighted by Crippen LogP contribution is -2.50. The lowest BCUT2D eigenvalue weighted by molar-refractivity contribution is -0.125. The number of nitrogens with two attached hydrogens (primary N) is 1. The summed E-state index contributed by atoms with van der Waals surface area (Å²) in [5.41, 5.74) is 5.55. The first-order valence-corrected chi connectivity index (χ1v) is 4.78. The van der Waals surface area contributed by atoms with E-state index in [0.29, 0.717) is 6.42 Å². The fourth-order valence-electron chi connectivity index (χ4n) is 0.954. The van der Waals surface area contributed by atoms with E-state index in [1.165, 1.54) is 0 Å². The van der Waals surface area contributed by atoms with Crippen molar-refractivity contribution in [3.05, 3.63) is 0 Å². The molecule has 0 aromatic rings. The summed E-state index contributed by atoms with van der Waals surface area (Å²) in [6, 6.07) is -0.511. The predicted octanol–water partition coefficient (Wildman–Crippen LogP) is 0.888. The number of terminal acetylenes is 1. The standard InChI is InChI=1S/C11H20N2O/c1-6-7-8(2)13-10(14)9(12)11(3,4)5/h1,8-9H,7,12H2,2-5H3,(H,13,14). The van der Waals surface area contributed by atoms with Gasteiger partial charge in [-0.2, -0.15) is 0 Å². The maximum absolute atomic E-state index is 11.6. The molecule has 0 saturated heterocycles. The van der Waals surface area contributed by atoms with Gasteiger partial charge in [-0.15, -0.1) is 12.3 Å². The quantitative estimate of drug-likeness (QED) is 0.659. The number of amides is 1. The Balaban J connectivity index is 4.17. The third kappa shape index (κ3) is 4.29. The van der Waals surface area contributed by atoms with Gasteiger partial charge in [0.2, 0.25) is 5.91 Å². The van der Waals surface area contributed by atoms with Gasteiger partial charge in [0.1, 0.15) is 0 Å². The molecule has 80 valence electrons. The summed E-state index contributed by atoms with van der Waals surface area (Å²) in [4.78, 5) is 11.6. The highest BCUT2D eigenvalue weighted by Gasteiger charge is 2.27. The van der Waals surface area contributed by atoms with Crippen LogP contribution in [0.15, 0.2) is 0 Å². The second-order valence-corrected chi connectivity index (χ2v) is 4.66. The SMILES string of the molecule is C#CCC(C)NC(=O)C(N)C(C)(C)C. The Labute approximate surface area is 86.4 Å². The van der Waals surface area contributed by atoms with Crippen LogP contribution in [-0.4, -0.2) is 18.0 Å². The molecule has 0 aliphatic rings. The molecule has 1 amide bonds. The van der Waals surface area contributed by atoms with E-state index >= 15 is 0 Å². The number of nitrogens with one attached hydrogen (secondary N) is 1. The van der Waals surface area contributed by atoms with Gasteiger partial charge in [-0.05, 0) is 12.3 Å². The molecular formula is C11H20N2O. The van der Waals surface area contributed by atoms with Gasteiger partial charge < -0.3 is 11.1 Å². The molecule has 0 aliphatic heterocycles. The number of rotatable bonds is 3. The Morgan fingerprint density at radius 3 is 2.43 bits per heavy atom. The average molecular weight is 196 g/mol. The van der Waals surface area contributed by atoms with Crippen LogP contribution >= 0.6 is 0 Å². The van der Waals surface area contributed by atoms with Crippen LogP contribution in [0.1, 0.15) is 34.1 Å². The van der Waals surface area contributed by atoms with Crippen molar-refractivity contribution in [2.24, 2.45) is 11.1 Å². The van der Waals surface area contributed by atoms with Crippen LogP contribution < -0.4 is 11.1 Å². The summed E-state index contributed by atoms with van der Waals surface area (Å²) in [5.74, 6) is 2.36. The summed E-state index contributed by atoms with van der Waals surface area (Å²) in [7, 11) is 0. The third-order valence-corrected chi connectivity index (χ3v) is 2.03. The molecule has 0 aromatic heterocycles. The molecule has 0 aliphatic carbocycles. The van der Waals surface area contributed by atoms with Crippen LogP contribution in [0.5, 0.6) is 0 Å². The van der Waals surface area contributed by atoms with Crippen LogP contribution in [0.25, 0.3) is 0 Å². The van der Waals surface area contributed by atoms with Gasteiger partial charge in [-0.1, -0.05) is 20.8 Å². The molecule has 0 saturated carbocycles. The zero-order chi connectivity index (χ0) is 11.4. The molecule has 3 heteroatoms. The highest BCUT2D eigenvalue weighted by Crippen LogP contribution is 2.17. The van der Waals surface area contributed by atoms with E-state index in [9.17, 15) is 4.79 Å².